The van der Waals surface area contributed by atoms with Crippen molar-refractivity contribution in [2.24, 2.45) is 5.73 Å². The van der Waals surface area contributed by atoms with Crippen LogP contribution in [0.1, 0.15) is 19.5 Å². The van der Waals surface area contributed by atoms with E-state index in [1.807, 2.05) is 19.1 Å². The molecule has 0 unspecified atom stereocenters. The summed E-state index contributed by atoms with van der Waals surface area (Å²) in [4.78, 5) is 15.6. The maximum absolute atomic E-state index is 11.5. The van der Waals surface area contributed by atoms with Crippen molar-refractivity contribution in [2.75, 3.05) is 5.32 Å². The van der Waals surface area contributed by atoms with E-state index < -0.39 is 5.54 Å². The summed E-state index contributed by atoms with van der Waals surface area (Å²) in [6, 6.07) is 5.43. The molecule has 0 radical (unpaired) electrons. The number of nitrogens with two attached hydrogens (primary N) is 1. The van der Waals surface area contributed by atoms with E-state index in [-0.39, 0.29) is 5.91 Å². The normalized spacial score (nSPS) is 11.1. The Morgan fingerprint density at radius 1 is 1.50 bits per heavy atom. The molecule has 0 bridgehead atoms. The SMILES string of the molecule is Cc1cccc(NC(=O)C(C)(C)N)n1. The molecule has 0 aliphatic rings. The zero-order valence-corrected chi connectivity index (χ0v) is 8.66. The second-order valence-electron chi connectivity index (χ2n) is 3.84. The fraction of sp³-hybridized carbons (Fsp3) is 0.400. The monoisotopic (exact) mass is 193 g/mol. The average molecular weight is 193 g/mol. The third-order valence-corrected chi connectivity index (χ3v) is 1.72. The fourth-order valence-corrected chi connectivity index (χ4v) is 0.890. The number of rotatable bonds is 2. The quantitative estimate of drug-likeness (QED) is 0.738. The van der Waals surface area contributed by atoms with Crippen LogP contribution >= 0.6 is 0 Å². The summed E-state index contributed by atoms with van der Waals surface area (Å²) < 4.78 is 0. The molecule has 0 atom stereocenters. The van der Waals surface area contributed by atoms with Gasteiger partial charge in [-0.05, 0) is 32.9 Å². The molecular formula is C10H15N3O. The van der Waals surface area contributed by atoms with Gasteiger partial charge in [-0.3, -0.25) is 4.79 Å². The van der Waals surface area contributed by atoms with E-state index in [1.54, 1.807) is 19.9 Å². The Balaban J connectivity index is 2.75. The number of pyridine rings is 1. The maximum Gasteiger partial charge on any atom is 0.245 e. The van der Waals surface area contributed by atoms with Crippen LogP contribution in [-0.2, 0) is 4.79 Å². The van der Waals surface area contributed by atoms with E-state index >= 15 is 0 Å². The summed E-state index contributed by atoms with van der Waals surface area (Å²) >= 11 is 0. The Morgan fingerprint density at radius 3 is 2.64 bits per heavy atom. The molecule has 0 spiro atoms. The summed E-state index contributed by atoms with van der Waals surface area (Å²) in [5.74, 6) is 0.295. The summed E-state index contributed by atoms with van der Waals surface area (Å²) in [6.45, 7) is 5.17. The van der Waals surface area contributed by atoms with Crippen LogP contribution in [0.15, 0.2) is 18.2 Å². The number of aromatic nitrogens is 1. The molecule has 0 aliphatic heterocycles. The minimum Gasteiger partial charge on any atom is -0.318 e. The lowest BCUT2D eigenvalue weighted by molar-refractivity contribution is -0.120. The highest BCUT2D eigenvalue weighted by Crippen LogP contribution is 2.06. The highest BCUT2D eigenvalue weighted by atomic mass is 16.2. The van der Waals surface area contributed by atoms with Crippen molar-refractivity contribution in [1.29, 1.82) is 0 Å². The van der Waals surface area contributed by atoms with Crippen molar-refractivity contribution >= 4 is 11.7 Å². The van der Waals surface area contributed by atoms with Crippen molar-refractivity contribution in [1.82, 2.24) is 4.98 Å². The summed E-state index contributed by atoms with van der Waals surface area (Å²) in [6.07, 6.45) is 0. The largest absolute Gasteiger partial charge is 0.318 e. The summed E-state index contributed by atoms with van der Waals surface area (Å²) in [5, 5.41) is 2.65. The van der Waals surface area contributed by atoms with Crippen molar-refractivity contribution in [3.05, 3.63) is 23.9 Å². The number of anilines is 1. The second kappa shape index (κ2) is 3.75. The molecular weight excluding hydrogens is 178 g/mol. The number of nitrogens with one attached hydrogen (secondary N) is 1. The third kappa shape index (κ3) is 2.81. The molecule has 14 heavy (non-hydrogen) atoms. The summed E-state index contributed by atoms with van der Waals surface area (Å²) in [5.41, 5.74) is 5.60. The molecule has 0 saturated carbocycles. The number of nitrogens with zero attached hydrogens (tertiary/aromatic N) is 1. The maximum atomic E-state index is 11.5. The fourth-order valence-electron chi connectivity index (χ4n) is 0.890. The molecule has 0 fully saturated rings. The minimum absolute atomic E-state index is 0.240. The van der Waals surface area contributed by atoms with Gasteiger partial charge in [0.1, 0.15) is 5.82 Å². The Kier molecular flexibility index (Phi) is 2.86. The molecule has 1 heterocycles. The molecule has 76 valence electrons. The van der Waals surface area contributed by atoms with Gasteiger partial charge in [-0.2, -0.15) is 0 Å². The van der Waals surface area contributed by atoms with E-state index in [0.717, 1.165) is 5.69 Å². The highest BCUT2D eigenvalue weighted by Gasteiger charge is 2.21. The summed E-state index contributed by atoms with van der Waals surface area (Å²) in [7, 11) is 0. The first-order valence-corrected chi connectivity index (χ1v) is 4.43. The van der Waals surface area contributed by atoms with Gasteiger partial charge in [0.15, 0.2) is 0 Å². The van der Waals surface area contributed by atoms with Crippen LogP contribution < -0.4 is 11.1 Å². The number of aryl methyl sites for hydroxylation is 1. The third-order valence-electron chi connectivity index (χ3n) is 1.72. The van der Waals surface area contributed by atoms with Crippen LogP contribution in [-0.4, -0.2) is 16.4 Å². The first-order chi connectivity index (χ1) is 6.39. The number of amides is 1. The van der Waals surface area contributed by atoms with Crippen LogP contribution in [0.4, 0.5) is 5.82 Å². The van der Waals surface area contributed by atoms with Gasteiger partial charge in [-0.25, -0.2) is 4.98 Å². The zero-order valence-electron chi connectivity index (χ0n) is 8.66. The van der Waals surface area contributed by atoms with Gasteiger partial charge in [-0.15, -0.1) is 0 Å². The van der Waals surface area contributed by atoms with Crippen LogP contribution in [0, 0.1) is 6.92 Å². The standard InChI is InChI=1S/C10H15N3O/c1-7-5-4-6-8(12-7)13-9(14)10(2,3)11/h4-6H,11H2,1-3H3,(H,12,13,14). The van der Waals surface area contributed by atoms with Crippen molar-refractivity contribution in [3.8, 4) is 0 Å². The number of carbonyl (C=O) groups excluding carboxylic acids is 1. The second-order valence-corrected chi connectivity index (χ2v) is 3.84. The number of hydrogen-bond donors (Lipinski definition) is 2. The molecule has 0 aromatic carbocycles. The Bertz CT molecular complexity index is 341. The minimum atomic E-state index is -0.884. The molecule has 4 heteroatoms. The molecule has 1 aromatic heterocycles. The number of hydrogen-bond acceptors (Lipinski definition) is 3. The van der Waals surface area contributed by atoms with Crippen LogP contribution in [0.5, 0.6) is 0 Å². The molecule has 0 saturated heterocycles. The Morgan fingerprint density at radius 2 is 2.14 bits per heavy atom. The molecule has 1 aromatic rings. The van der Waals surface area contributed by atoms with Gasteiger partial charge in [0.05, 0.1) is 5.54 Å². The first kappa shape index (κ1) is 10.7. The van der Waals surface area contributed by atoms with Gasteiger partial charge >= 0.3 is 0 Å². The van der Waals surface area contributed by atoms with Gasteiger partial charge in [0, 0.05) is 5.69 Å². The van der Waals surface area contributed by atoms with E-state index in [0.29, 0.717) is 5.82 Å². The van der Waals surface area contributed by atoms with E-state index in [1.165, 1.54) is 0 Å². The van der Waals surface area contributed by atoms with Crippen molar-refractivity contribution < 1.29 is 4.79 Å². The van der Waals surface area contributed by atoms with Crippen LogP contribution in [0.2, 0.25) is 0 Å². The highest BCUT2D eigenvalue weighted by molar-refractivity contribution is 5.96. The lowest BCUT2D eigenvalue weighted by Crippen LogP contribution is -2.45. The van der Waals surface area contributed by atoms with Crippen molar-refractivity contribution in [2.45, 2.75) is 26.3 Å². The number of carbonyl (C=O) groups is 1. The predicted molar refractivity (Wildman–Crippen MR) is 55.9 cm³/mol. The van der Waals surface area contributed by atoms with Gasteiger partial charge in [0.25, 0.3) is 0 Å². The van der Waals surface area contributed by atoms with E-state index in [2.05, 4.69) is 10.3 Å². The molecule has 0 aliphatic carbocycles. The van der Waals surface area contributed by atoms with Gasteiger partial charge in [-0.1, -0.05) is 6.07 Å². The van der Waals surface area contributed by atoms with Gasteiger partial charge in [0.2, 0.25) is 5.91 Å². The molecule has 1 amide bonds. The predicted octanol–water partition coefficient (Wildman–Crippen LogP) is 1.07. The van der Waals surface area contributed by atoms with Crippen LogP contribution in [0.25, 0.3) is 0 Å². The van der Waals surface area contributed by atoms with Crippen LogP contribution in [0.3, 0.4) is 0 Å². The van der Waals surface area contributed by atoms with E-state index in [9.17, 15) is 4.79 Å². The average Bonchev–Trinajstić information content (AvgIpc) is 2.02. The van der Waals surface area contributed by atoms with Gasteiger partial charge < -0.3 is 11.1 Å². The van der Waals surface area contributed by atoms with E-state index in [4.69, 9.17) is 5.73 Å². The van der Waals surface area contributed by atoms with Crippen molar-refractivity contribution in [3.63, 3.8) is 0 Å². The lowest BCUT2D eigenvalue weighted by atomic mass is 10.1. The Hall–Kier alpha value is -1.42. The first-order valence-electron chi connectivity index (χ1n) is 4.43. The molecule has 1 rings (SSSR count). The topological polar surface area (TPSA) is 68.0 Å². The smallest absolute Gasteiger partial charge is 0.245 e. The molecule has 3 N–H and O–H groups in total. The lowest BCUT2D eigenvalue weighted by Gasteiger charge is -2.17. The Labute approximate surface area is 83.5 Å². The zero-order chi connectivity index (χ0) is 10.8. The molecule has 4 nitrogen and oxygen atoms in total.